The number of nitrogens with zero attached hydrogens (tertiary/aromatic N) is 2. The molecule has 0 radical (unpaired) electrons. The van der Waals surface area contributed by atoms with E-state index in [9.17, 15) is 9.18 Å². The van der Waals surface area contributed by atoms with Gasteiger partial charge in [-0.2, -0.15) is 0 Å². The Bertz CT molecular complexity index is 660. The molecule has 0 bridgehead atoms. The van der Waals surface area contributed by atoms with Crippen molar-refractivity contribution in [1.82, 2.24) is 4.90 Å². The zero-order chi connectivity index (χ0) is 15.5. The molecule has 5 heteroatoms. The number of rotatable bonds is 4. The van der Waals surface area contributed by atoms with E-state index >= 15 is 0 Å². The lowest BCUT2D eigenvalue weighted by Gasteiger charge is -2.35. The van der Waals surface area contributed by atoms with E-state index in [1.807, 2.05) is 6.07 Å². The van der Waals surface area contributed by atoms with Crippen LogP contribution in [0, 0.1) is 5.82 Å². The summed E-state index contributed by atoms with van der Waals surface area (Å²) in [7, 11) is 0. The summed E-state index contributed by atoms with van der Waals surface area (Å²) < 4.78 is 19.8. The Hall–Kier alpha value is -2.14. The van der Waals surface area contributed by atoms with E-state index in [0.29, 0.717) is 23.3 Å². The second-order valence-corrected chi connectivity index (χ2v) is 5.41. The molecule has 1 saturated heterocycles. The maximum atomic E-state index is 14.4. The Balaban J connectivity index is 1.79. The Morgan fingerprint density at radius 2 is 1.95 bits per heavy atom. The molecular formula is C17H19FN2O2. The van der Waals surface area contributed by atoms with Gasteiger partial charge in [0.05, 0.1) is 5.69 Å². The van der Waals surface area contributed by atoms with E-state index in [2.05, 4.69) is 16.7 Å². The van der Waals surface area contributed by atoms with E-state index in [4.69, 9.17) is 4.42 Å². The second-order valence-electron chi connectivity index (χ2n) is 5.41. The molecule has 4 nitrogen and oxygen atoms in total. The van der Waals surface area contributed by atoms with Gasteiger partial charge >= 0.3 is 0 Å². The number of carbonyl (C=O) groups excluding carboxylic acids is 1. The molecule has 0 aliphatic carbocycles. The normalized spacial score (nSPS) is 16.0. The summed E-state index contributed by atoms with van der Waals surface area (Å²) in [6.07, 6.45) is 0.640. The van der Waals surface area contributed by atoms with Crippen molar-refractivity contribution in [2.75, 3.05) is 37.6 Å². The maximum absolute atomic E-state index is 14.4. The van der Waals surface area contributed by atoms with Crippen LogP contribution in [0.4, 0.5) is 10.1 Å². The third-order valence-electron chi connectivity index (χ3n) is 4.14. The van der Waals surface area contributed by atoms with Gasteiger partial charge in [0, 0.05) is 31.7 Å². The number of piperazine rings is 1. The lowest BCUT2D eigenvalue weighted by atomic mass is 10.1. The van der Waals surface area contributed by atoms with E-state index in [1.54, 1.807) is 18.2 Å². The molecule has 1 aromatic heterocycles. The first-order chi connectivity index (χ1) is 10.7. The van der Waals surface area contributed by atoms with Crippen LogP contribution in [0.1, 0.15) is 17.5 Å². The quantitative estimate of drug-likeness (QED) is 0.814. The van der Waals surface area contributed by atoms with Crippen LogP contribution in [-0.2, 0) is 0 Å². The van der Waals surface area contributed by atoms with Crippen LogP contribution in [0.25, 0.3) is 11.3 Å². The molecule has 2 aromatic rings. The van der Waals surface area contributed by atoms with Gasteiger partial charge in [-0.25, -0.2) is 4.39 Å². The third kappa shape index (κ3) is 2.90. The molecule has 3 rings (SSSR count). The van der Waals surface area contributed by atoms with Gasteiger partial charge in [0.25, 0.3) is 0 Å². The first kappa shape index (κ1) is 14.8. The first-order valence-electron chi connectivity index (χ1n) is 7.53. The minimum atomic E-state index is -0.258. The minimum absolute atomic E-state index is 0.246. The average Bonchev–Trinajstić information content (AvgIpc) is 3.04. The molecule has 1 aliphatic heterocycles. The Morgan fingerprint density at radius 1 is 1.18 bits per heavy atom. The van der Waals surface area contributed by atoms with Crippen LogP contribution in [0.3, 0.4) is 0 Å². The maximum Gasteiger partial charge on any atom is 0.185 e. The summed E-state index contributed by atoms with van der Waals surface area (Å²) in [6.45, 7) is 6.76. The summed E-state index contributed by atoms with van der Waals surface area (Å²) in [5.41, 5.74) is 1.27. The van der Waals surface area contributed by atoms with E-state index in [1.165, 1.54) is 6.07 Å². The first-order valence-corrected chi connectivity index (χ1v) is 7.53. The van der Waals surface area contributed by atoms with Gasteiger partial charge in [-0.05, 0) is 36.9 Å². The van der Waals surface area contributed by atoms with Gasteiger partial charge < -0.3 is 14.2 Å². The molecule has 22 heavy (non-hydrogen) atoms. The van der Waals surface area contributed by atoms with Crippen molar-refractivity contribution >= 4 is 12.0 Å². The molecule has 0 atom stereocenters. The van der Waals surface area contributed by atoms with Gasteiger partial charge in [-0.3, -0.25) is 4.79 Å². The standard InChI is InChI=1S/C17H19FN2O2/c1-2-19-7-9-20(10-8-19)16-5-3-13(11-15(16)18)17-6-4-14(12-21)22-17/h3-6,11-12H,2,7-10H2,1H3. The van der Waals surface area contributed by atoms with Crippen molar-refractivity contribution < 1.29 is 13.6 Å². The van der Waals surface area contributed by atoms with Crippen molar-refractivity contribution in [2.24, 2.45) is 0 Å². The Morgan fingerprint density at radius 3 is 2.55 bits per heavy atom. The van der Waals surface area contributed by atoms with Gasteiger partial charge in [0.1, 0.15) is 11.6 Å². The summed E-state index contributed by atoms with van der Waals surface area (Å²) in [5, 5.41) is 0. The second kappa shape index (κ2) is 6.32. The van der Waals surface area contributed by atoms with Crippen LogP contribution in [0.15, 0.2) is 34.7 Å². The van der Waals surface area contributed by atoms with E-state index in [-0.39, 0.29) is 11.6 Å². The highest BCUT2D eigenvalue weighted by atomic mass is 19.1. The molecule has 2 heterocycles. The lowest BCUT2D eigenvalue weighted by molar-refractivity contribution is 0.110. The number of carbonyl (C=O) groups is 1. The number of aldehydes is 1. The molecule has 0 saturated carbocycles. The number of likely N-dealkylation sites (N-methyl/N-ethyl adjacent to an activating group) is 1. The number of anilines is 1. The summed E-state index contributed by atoms with van der Waals surface area (Å²) in [6, 6.07) is 8.35. The van der Waals surface area contributed by atoms with Crippen LogP contribution in [0.5, 0.6) is 0 Å². The molecule has 116 valence electrons. The lowest BCUT2D eigenvalue weighted by Crippen LogP contribution is -2.46. The highest BCUT2D eigenvalue weighted by molar-refractivity contribution is 5.73. The molecule has 0 spiro atoms. The SMILES string of the molecule is CCN1CCN(c2ccc(-c3ccc(C=O)o3)cc2F)CC1. The monoisotopic (exact) mass is 302 g/mol. The van der Waals surface area contributed by atoms with Crippen LogP contribution in [-0.4, -0.2) is 43.9 Å². The Kier molecular flexibility index (Phi) is 4.24. The van der Waals surface area contributed by atoms with Crippen LogP contribution in [0.2, 0.25) is 0 Å². The molecule has 1 aromatic carbocycles. The summed E-state index contributed by atoms with van der Waals surface area (Å²) in [5.74, 6) is 0.491. The van der Waals surface area contributed by atoms with Crippen LogP contribution < -0.4 is 4.90 Å². The van der Waals surface area contributed by atoms with Gasteiger partial charge in [-0.1, -0.05) is 6.92 Å². The van der Waals surface area contributed by atoms with E-state index in [0.717, 1.165) is 32.7 Å². The smallest absolute Gasteiger partial charge is 0.185 e. The number of halogens is 1. The number of benzene rings is 1. The fraction of sp³-hybridized carbons (Fsp3) is 0.353. The molecule has 1 fully saturated rings. The van der Waals surface area contributed by atoms with Crippen molar-refractivity contribution in [2.45, 2.75) is 6.92 Å². The summed E-state index contributed by atoms with van der Waals surface area (Å²) >= 11 is 0. The zero-order valence-corrected chi connectivity index (χ0v) is 12.6. The van der Waals surface area contributed by atoms with Gasteiger partial charge in [0.15, 0.2) is 12.0 Å². The fourth-order valence-corrected chi connectivity index (χ4v) is 2.79. The van der Waals surface area contributed by atoms with Crippen molar-refractivity contribution in [3.05, 3.63) is 41.9 Å². The molecule has 1 aliphatic rings. The number of hydrogen-bond donors (Lipinski definition) is 0. The van der Waals surface area contributed by atoms with Gasteiger partial charge in [-0.15, -0.1) is 0 Å². The van der Waals surface area contributed by atoms with Crippen LogP contribution >= 0.6 is 0 Å². The molecule has 0 unspecified atom stereocenters. The largest absolute Gasteiger partial charge is 0.453 e. The summed E-state index contributed by atoms with van der Waals surface area (Å²) in [4.78, 5) is 15.1. The Labute approximate surface area is 129 Å². The van der Waals surface area contributed by atoms with E-state index < -0.39 is 0 Å². The molecular weight excluding hydrogens is 283 g/mol. The molecule has 0 amide bonds. The topological polar surface area (TPSA) is 36.7 Å². The number of furan rings is 1. The predicted octanol–water partition coefficient (Wildman–Crippen LogP) is 3.04. The number of hydrogen-bond acceptors (Lipinski definition) is 4. The highest BCUT2D eigenvalue weighted by Crippen LogP contribution is 2.28. The highest BCUT2D eigenvalue weighted by Gasteiger charge is 2.19. The van der Waals surface area contributed by atoms with Crippen molar-refractivity contribution in [3.63, 3.8) is 0 Å². The molecule has 0 N–H and O–H groups in total. The third-order valence-corrected chi connectivity index (χ3v) is 4.14. The van der Waals surface area contributed by atoms with Crippen molar-refractivity contribution in [1.29, 1.82) is 0 Å². The van der Waals surface area contributed by atoms with Crippen molar-refractivity contribution in [3.8, 4) is 11.3 Å². The predicted molar refractivity (Wildman–Crippen MR) is 83.8 cm³/mol. The zero-order valence-electron chi connectivity index (χ0n) is 12.6. The van der Waals surface area contributed by atoms with Gasteiger partial charge in [0.2, 0.25) is 0 Å². The minimum Gasteiger partial charge on any atom is -0.453 e. The average molecular weight is 302 g/mol. The fourth-order valence-electron chi connectivity index (χ4n) is 2.79.